The Hall–Kier alpha value is -2.42. The van der Waals surface area contributed by atoms with Crippen LogP contribution >= 0.6 is 34.7 Å². The highest BCUT2D eigenvalue weighted by atomic mass is 35.5. The molecule has 0 saturated carbocycles. The Balaban J connectivity index is 1.60. The van der Waals surface area contributed by atoms with Gasteiger partial charge in [0, 0.05) is 22.0 Å². The van der Waals surface area contributed by atoms with E-state index in [2.05, 4.69) is 23.7 Å². The first-order valence-electron chi connectivity index (χ1n) is 8.94. The van der Waals surface area contributed by atoms with Crippen LogP contribution in [0.4, 0.5) is 0 Å². The third kappa shape index (κ3) is 4.14. The minimum absolute atomic E-state index is 0.0549. The molecule has 0 fully saturated rings. The Morgan fingerprint density at radius 2 is 2.10 bits per heavy atom. The topological polar surface area (TPSA) is 73.8 Å². The van der Waals surface area contributed by atoms with Gasteiger partial charge in [-0.3, -0.25) is 9.36 Å². The monoisotopic (exact) mass is 444 g/mol. The van der Waals surface area contributed by atoms with Gasteiger partial charge in [-0.2, -0.15) is 0 Å². The molecule has 3 heterocycles. The standard InChI is InChI=1S/C20H17ClN4O2S2/c1-3-9-25-19(26)15-10-14(4-2)29-18(15)22-20(25)28-11-16-23-24-17(27-16)12-5-7-13(21)8-6-12/h3,5-8,10H,1,4,9,11H2,2H3. The van der Waals surface area contributed by atoms with Crippen LogP contribution in [0.25, 0.3) is 21.7 Å². The second-order valence-corrected chi connectivity index (χ2v) is 8.67. The van der Waals surface area contributed by atoms with Crippen LogP contribution in [0.15, 0.2) is 57.4 Å². The van der Waals surface area contributed by atoms with Gasteiger partial charge in [-0.1, -0.05) is 36.4 Å². The fourth-order valence-electron chi connectivity index (χ4n) is 2.77. The van der Waals surface area contributed by atoms with Crippen LogP contribution in [0.1, 0.15) is 17.7 Å². The van der Waals surface area contributed by atoms with Crippen molar-refractivity contribution < 1.29 is 4.42 Å². The zero-order valence-corrected chi connectivity index (χ0v) is 18.0. The summed E-state index contributed by atoms with van der Waals surface area (Å²) in [6, 6.07) is 9.13. The summed E-state index contributed by atoms with van der Waals surface area (Å²) < 4.78 is 7.38. The van der Waals surface area contributed by atoms with Crippen LogP contribution in [0, 0.1) is 0 Å². The Morgan fingerprint density at radius 3 is 2.83 bits per heavy atom. The summed E-state index contributed by atoms with van der Waals surface area (Å²) in [4.78, 5) is 19.5. The molecular weight excluding hydrogens is 428 g/mol. The Morgan fingerprint density at radius 1 is 1.31 bits per heavy atom. The van der Waals surface area contributed by atoms with E-state index >= 15 is 0 Å². The van der Waals surface area contributed by atoms with E-state index in [9.17, 15) is 4.79 Å². The molecule has 0 saturated heterocycles. The summed E-state index contributed by atoms with van der Waals surface area (Å²) in [7, 11) is 0. The van der Waals surface area contributed by atoms with Gasteiger partial charge in [-0.25, -0.2) is 4.98 Å². The van der Waals surface area contributed by atoms with E-state index in [0.717, 1.165) is 21.7 Å². The fourth-order valence-corrected chi connectivity index (χ4v) is 4.75. The predicted octanol–water partition coefficient (Wildman–Crippen LogP) is 5.20. The number of benzene rings is 1. The number of aryl methyl sites for hydroxylation is 1. The lowest BCUT2D eigenvalue weighted by Gasteiger charge is -2.08. The third-order valence-electron chi connectivity index (χ3n) is 4.21. The maximum atomic E-state index is 12.9. The minimum Gasteiger partial charge on any atom is -0.420 e. The number of allylic oxidation sites excluding steroid dienone is 1. The molecule has 0 N–H and O–H groups in total. The van der Waals surface area contributed by atoms with Crippen LogP contribution in [0.2, 0.25) is 5.02 Å². The molecule has 0 aliphatic rings. The van der Waals surface area contributed by atoms with Gasteiger partial charge >= 0.3 is 0 Å². The lowest BCUT2D eigenvalue weighted by atomic mass is 10.2. The number of nitrogens with zero attached hydrogens (tertiary/aromatic N) is 4. The SMILES string of the molecule is C=CCn1c(SCc2nnc(-c3ccc(Cl)cc3)o2)nc2sc(CC)cc2c1=O. The predicted molar refractivity (Wildman–Crippen MR) is 118 cm³/mol. The maximum Gasteiger partial charge on any atom is 0.263 e. The van der Waals surface area contributed by atoms with Gasteiger partial charge in [0.2, 0.25) is 11.8 Å². The van der Waals surface area contributed by atoms with E-state index in [1.165, 1.54) is 11.8 Å². The lowest BCUT2D eigenvalue weighted by molar-refractivity contribution is 0.528. The van der Waals surface area contributed by atoms with Crippen molar-refractivity contribution in [3.63, 3.8) is 0 Å². The summed E-state index contributed by atoms with van der Waals surface area (Å²) in [5.41, 5.74) is 0.743. The molecule has 0 radical (unpaired) electrons. The van der Waals surface area contributed by atoms with E-state index in [1.54, 1.807) is 34.1 Å². The second kappa shape index (κ2) is 8.52. The van der Waals surface area contributed by atoms with E-state index in [1.807, 2.05) is 18.2 Å². The number of rotatable bonds is 7. The molecule has 0 bridgehead atoms. The third-order valence-corrected chi connectivity index (χ3v) is 6.60. The molecule has 4 rings (SSSR count). The summed E-state index contributed by atoms with van der Waals surface area (Å²) >= 11 is 8.86. The quantitative estimate of drug-likeness (QED) is 0.221. The van der Waals surface area contributed by atoms with E-state index < -0.39 is 0 Å². The summed E-state index contributed by atoms with van der Waals surface area (Å²) in [6.45, 7) is 6.21. The molecular formula is C20H17ClN4O2S2. The Bertz CT molecular complexity index is 1230. The number of halogens is 1. The number of hydrogen-bond acceptors (Lipinski definition) is 7. The molecule has 0 aliphatic heterocycles. The van der Waals surface area contributed by atoms with Crippen molar-refractivity contribution in [2.45, 2.75) is 30.8 Å². The van der Waals surface area contributed by atoms with Gasteiger partial charge in [0.05, 0.1) is 11.1 Å². The van der Waals surface area contributed by atoms with Crippen LogP contribution in [0.5, 0.6) is 0 Å². The van der Waals surface area contributed by atoms with Gasteiger partial charge in [0.1, 0.15) is 4.83 Å². The van der Waals surface area contributed by atoms with Gasteiger partial charge in [0.25, 0.3) is 5.56 Å². The van der Waals surface area contributed by atoms with Crippen molar-refractivity contribution in [3.8, 4) is 11.5 Å². The first-order valence-corrected chi connectivity index (χ1v) is 11.1. The Kier molecular flexibility index (Phi) is 5.84. The second-order valence-electron chi connectivity index (χ2n) is 6.18. The highest BCUT2D eigenvalue weighted by Gasteiger charge is 2.15. The molecule has 0 spiro atoms. The zero-order chi connectivity index (χ0) is 20.4. The number of fused-ring (bicyclic) bond motifs is 1. The van der Waals surface area contributed by atoms with Gasteiger partial charge < -0.3 is 4.42 Å². The van der Waals surface area contributed by atoms with Gasteiger partial charge in [0.15, 0.2) is 5.16 Å². The molecule has 148 valence electrons. The molecule has 6 nitrogen and oxygen atoms in total. The van der Waals surface area contributed by atoms with Gasteiger partial charge in [-0.05, 0) is 36.8 Å². The van der Waals surface area contributed by atoms with Crippen LogP contribution in [-0.4, -0.2) is 19.7 Å². The maximum absolute atomic E-state index is 12.9. The number of thiophene rings is 1. The van der Waals surface area contributed by atoms with Crippen molar-refractivity contribution in [2.24, 2.45) is 0 Å². The summed E-state index contributed by atoms with van der Waals surface area (Å²) in [5, 5.41) is 10.1. The molecule has 3 aromatic heterocycles. The first kappa shape index (κ1) is 19.9. The van der Waals surface area contributed by atoms with E-state index in [4.69, 9.17) is 21.0 Å². The molecule has 4 aromatic rings. The Labute approximate surface area is 180 Å². The van der Waals surface area contributed by atoms with E-state index in [-0.39, 0.29) is 5.56 Å². The van der Waals surface area contributed by atoms with E-state index in [0.29, 0.717) is 39.6 Å². The molecule has 29 heavy (non-hydrogen) atoms. The lowest BCUT2D eigenvalue weighted by Crippen LogP contribution is -2.22. The molecule has 0 unspecified atom stereocenters. The highest BCUT2D eigenvalue weighted by Crippen LogP contribution is 2.27. The smallest absolute Gasteiger partial charge is 0.263 e. The average molecular weight is 445 g/mol. The summed E-state index contributed by atoms with van der Waals surface area (Å²) in [5.74, 6) is 1.29. The fraction of sp³-hybridized carbons (Fsp3) is 0.200. The van der Waals surface area contributed by atoms with Crippen molar-refractivity contribution in [1.29, 1.82) is 0 Å². The van der Waals surface area contributed by atoms with Crippen LogP contribution < -0.4 is 5.56 Å². The van der Waals surface area contributed by atoms with Crippen molar-refractivity contribution >= 4 is 44.9 Å². The minimum atomic E-state index is -0.0549. The van der Waals surface area contributed by atoms with Crippen molar-refractivity contribution in [3.05, 3.63) is 69.1 Å². The largest absolute Gasteiger partial charge is 0.420 e. The van der Waals surface area contributed by atoms with Crippen LogP contribution in [0.3, 0.4) is 0 Å². The number of thioether (sulfide) groups is 1. The van der Waals surface area contributed by atoms with Crippen LogP contribution in [-0.2, 0) is 18.7 Å². The molecule has 0 amide bonds. The average Bonchev–Trinajstić information content (AvgIpc) is 3.36. The molecule has 1 aromatic carbocycles. The highest BCUT2D eigenvalue weighted by molar-refractivity contribution is 7.98. The molecule has 0 aliphatic carbocycles. The zero-order valence-electron chi connectivity index (χ0n) is 15.6. The van der Waals surface area contributed by atoms with Crippen molar-refractivity contribution in [2.75, 3.05) is 0 Å². The number of aromatic nitrogens is 4. The first-order chi connectivity index (χ1) is 14.1. The normalized spacial score (nSPS) is 11.2. The molecule has 0 atom stereocenters. The number of hydrogen-bond donors (Lipinski definition) is 0. The van der Waals surface area contributed by atoms with Gasteiger partial charge in [-0.15, -0.1) is 28.1 Å². The van der Waals surface area contributed by atoms with Crippen molar-refractivity contribution in [1.82, 2.24) is 19.7 Å². The molecule has 9 heteroatoms. The summed E-state index contributed by atoms with van der Waals surface area (Å²) in [6.07, 6.45) is 2.57.